The number of carbonyl (C=O) groups is 1. The maximum absolute atomic E-state index is 12.7. The van der Waals surface area contributed by atoms with Crippen molar-refractivity contribution in [3.05, 3.63) is 64.0 Å². The van der Waals surface area contributed by atoms with Crippen LogP contribution >= 0.6 is 22.9 Å². The molecule has 0 spiro atoms. The number of halogens is 1. The molecule has 3 nitrogen and oxygen atoms in total. The van der Waals surface area contributed by atoms with Gasteiger partial charge >= 0.3 is 0 Å². The maximum atomic E-state index is 12.7. The number of nitrogens with zero attached hydrogens (tertiary/aromatic N) is 1. The van der Waals surface area contributed by atoms with Crippen LogP contribution in [-0.4, -0.2) is 23.9 Å². The summed E-state index contributed by atoms with van der Waals surface area (Å²) in [6.45, 7) is 3.26. The predicted molar refractivity (Wildman–Crippen MR) is 106 cm³/mol. The highest BCUT2D eigenvalue weighted by Gasteiger charge is 2.17. The molecule has 2 aromatic carbocycles. The molecule has 128 valence electrons. The van der Waals surface area contributed by atoms with E-state index >= 15 is 0 Å². The Bertz CT molecular complexity index is 915. The first-order chi connectivity index (χ1) is 12.2. The van der Waals surface area contributed by atoms with Gasteiger partial charge in [0.25, 0.3) is 5.91 Å². The minimum atomic E-state index is -0.149. The van der Waals surface area contributed by atoms with Crippen LogP contribution in [-0.2, 0) is 6.54 Å². The number of nitrogens with one attached hydrogen (secondary N) is 1. The molecule has 1 aliphatic heterocycles. The zero-order valence-corrected chi connectivity index (χ0v) is 15.4. The Labute approximate surface area is 156 Å². The Morgan fingerprint density at radius 1 is 1.12 bits per heavy atom. The van der Waals surface area contributed by atoms with E-state index in [1.54, 1.807) is 0 Å². The summed E-state index contributed by atoms with van der Waals surface area (Å²) in [5, 5.41) is 4.46. The first-order valence-corrected chi connectivity index (χ1v) is 9.70. The number of rotatable bonds is 4. The molecule has 1 aliphatic rings. The van der Waals surface area contributed by atoms with E-state index in [1.165, 1.54) is 29.7 Å². The van der Waals surface area contributed by atoms with E-state index < -0.39 is 0 Å². The van der Waals surface area contributed by atoms with Gasteiger partial charge in [0.15, 0.2) is 0 Å². The van der Waals surface area contributed by atoms with E-state index in [4.69, 9.17) is 11.6 Å². The van der Waals surface area contributed by atoms with Crippen molar-refractivity contribution in [2.24, 2.45) is 0 Å². The number of anilines is 1. The molecule has 0 bridgehead atoms. The number of carbonyl (C=O) groups excluding carboxylic acids is 1. The van der Waals surface area contributed by atoms with Crippen molar-refractivity contribution in [2.45, 2.75) is 19.4 Å². The summed E-state index contributed by atoms with van der Waals surface area (Å²) in [5.41, 5.74) is 2.04. The normalized spacial score (nSPS) is 14.9. The second-order valence-corrected chi connectivity index (χ2v) is 7.81. The zero-order chi connectivity index (χ0) is 17.2. The van der Waals surface area contributed by atoms with Crippen molar-refractivity contribution in [3.8, 4) is 0 Å². The van der Waals surface area contributed by atoms with Gasteiger partial charge in [0, 0.05) is 22.3 Å². The highest BCUT2D eigenvalue weighted by molar-refractivity contribution is 7.21. The largest absolute Gasteiger partial charge is 0.321 e. The average molecular weight is 371 g/mol. The average Bonchev–Trinajstić information content (AvgIpc) is 3.24. The number of fused-ring (bicyclic) bond motifs is 1. The molecule has 0 saturated carbocycles. The third-order valence-corrected chi connectivity index (χ3v) is 6.21. The summed E-state index contributed by atoms with van der Waals surface area (Å²) in [4.78, 5) is 15.7. The van der Waals surface area contributed by atoms with Crippen LogP contribution in [0.4, 0.5) is 5.69 Å². The third-order valence-electron chi connectivity index (χ3n) is 4.53. The van der Waals surface area contributed by atoms with Gasteiger partial charge in [-0.2, -0.15) is 0 Å². The highest BCUT2D eigenvalue weighted by atomic mass is 35.5. The van der Waals surface area contributed by atoms with Gasteiger partial charge in [-0.15, -0.1) is 11.3 Å². The van der Waals surface area contributed by atoms with Crippen molar-refractivity contribution >= 4 is 44.6 Å². The van der Waals surface area contributed by atoms with Crippen LogP contribution in [0.3, 0.4) is 0 Å². The van der Waals surface area contributed by atoms with Crippen LogP contribution in [0.1, 0.15) is 28.1 Å². The van der Waals surface area contributed by atoms with Gasteiger partial charge in [-0.1, -0.05) is 41.9 Å². The fraction of sp³-hybridized carbons (Fsp3) is 0.250. The zero-order valence-electron chi connectivity index (χ0n) is 13.8. The molecule has 1 fully saturated rings. The summed E-state index contributed by atoms with van der Waals surface area (Å²) in [6, 6.07) is 15.9. The minimum Gasteiger partial charge on any atom is -0.321 e. The lowest BCUT2D eigenvalue weighted by Gasteiger charge is -2.15. The third kappa shape index (κ3) is 3.56. The molecule has 1 aromatic heterocycles. The van der Waals surface area contributed by atoms with Crippen molar-refractivity contribution in [3.63, 3.8) is 0 Å². The Morgan fingerprint density at radius 2 is 1.92 bits per heavy atom. The van der Waals surface area contributed by atoms with E-state index in [0.717, 1.165) is 35.4 Å². The van der Waals surface area contributed by atoms with Crippen molar-refractivity contribution in [2.75, 3.05) is 18.4 Å². The van der Waals surface area contributed by atoms with Crippen LogP contribution in [0.15, 0.2) is 48.5 Å². The lowest BCUT2D eigenvalue weighted by molar-refractivity contribution is 0.103. The summed E-state index contributed by atoms with van der Waals surface area (Å²) in [5.74, 6) is -0.149. The fourth-order valence-corrected chi connectivity index (χ4v) is 4.71. The van der Waals surface area contributed by atoms with Crippen LogP contribution < -0.4 is 5.32 Å². The fourth-order valence-electron chi connectivity index (χ4n) is 3.29. The Hall–Kier alpha value is -1.88. The van der Waals surface area contributed by atoms with Gasteiger partial charge in [0.05, 0.1) is 5.02 Å². The number of amides is 1. The van der Waals surface area contributed by atoms with Gasteiger partial charge in [-0.05, 0) is 49.7 Å². The molecule has 0 atom stereocenters. The smallest absolute Gasteiger partial charge is 0.267 e. The standard InChI is InChI=1S/C20H19ClN2OS/c21-18-16-8-1-2-9-17(16)25-19(18)20(24)22-15-7-5-6-14(12-15)13-23-10-3-4-11-23/h1-2,5-9,12H,3-4,10-11,13H2,(H,22,24). The Kier molecular flexibility index (Phi) is 4.75. The molecule has 5 heteroatoms. The molecular formula is C20H19ClN2OS. The van der Waals surface area contributed by atoms with E-state index in [9.17, 15) is 4.79 Å². The second-order valence-electron chi connectivity index (χ2n) is 6.38. The molecule has 0 radical (unpaired) electrons. The highest BCUT2D eigenvalue weighted by Crippen LogP contribution is 2.35. The molecule has 1 saturated heterocycles. The SMILES string of the molecule is O=C(Nc1cccc(CN2CCCC2)c1)c1sc2ccccc2c1Cl. The van der Waals surface area contributed by atoms with E-state index in [-0.39, 0.29) is 5.91 Å². The minimum absolute atomic E-state index is 0.149. The number of hydrogen-bond donors (Lipinski definition) is 1. The van der Waals surface area contributed by atoms with Gasteiger partial charge in [-0.3, -0.25) is 9.69 Å². The van der Waals surface area contributed by atoms with Gasteiger partial charge in [0.1, 0.15) is 4.88 Å². The van der Waals surface area contributed by atoms with Crippen LogP contribution in [0.5, 0.6) is 0 Å². The summed E-state index contributed by atoms with van der Waals surface area (Å²) < 4.78 is 1.03. The van der Waals surface area contributed by atoms with Crippen LogP contribution in [0.25, 0.3) is 10.1 Å². The van der Waals surface area contributed by atoms with Crippen molar-refractivity contribution in [1.82, 2.24) is 4.90 Å². The lowest BCUT2D eigenvalue weighted by atomic mass is 10.2. The monoisotopic (exact) mass is 370 g/mol. The second kappa shape index (κ2) is 7.16. The molecule has 1 N–H and O–H groups in total. The van der Waals surface area contributed by atoms with Crippen molar-refractivity contribution < 1.29 is 4.79 Å². The number of likely N-dealkylation sites (tertiary alicyclic amines) is 1. The van der Waals surface area contributed by atoms with E-state index in [2.05, 4.69) is 22.3 Å². The van der Waals surface area contributed by atoms with E-state index in [1.807, 2.05) is 36.4 Å². The van der Waals surface area contributed by atoms with E-state index in [0.29, 0.717) is 9.90 Å². The van der Waals surface area contributed by atoms with Crippen LogP contribution in [0, 0.1) is 0 Å². The topological polar surface area (TPSA) is 32.3 Å². The number of hydrogen-bond acceptors (Lipinski definition) is 3. The Balaban J connectivity index is 1.52. The maximum Gasteiger partial charge on any atom is 0.267 e. The van der Waals surface area contributed by atoms with Gasteiger partial charge in [-0.25, -0.2) is 0 Å². The summed E-state index contributed by atoms with van der Waals surface area (Å²) >= 11 is 7.84. The van der Waals surface area contributed by atoms with Gasteiger partial charge in [0.2, 0.25) is 0 Å². The quantitative estimate of drug-likeness (QED) is 0.666. The summed E-state index contributed by atoms with van der Waals surface area (Å²) in [7, 11) is 0. The number of benzene rings is 2. The first-order valence-electron chi connectivity index (χ1n) is 8.50. The molecule has 0 unspecified atom stereocenters. The van der Waals surface area contributed by atoms with Crippen LogP contribution in [0.2, 0.25) is 5.02 Å². The Morgan fingerprint density at radius 3 is 2.72 bits per heavy atom. The molecule has 2 heterocycles. The molecule has 25 heavy (non-hydrogen) atoms. The molecule has 1 amide bonds. The molecular weight excluding hydrogens is 352 g/mol. The predicted octanol–water partition coefficient (Wildman–Crippen LogP) is 5.40. The lowest BCUT2D eigenvalue weighted by Crippen LogP contribution is -2.18. The van der Waals surface area contributed by atoms with Gasteiger partial charge < -0.3 is 5.32 Å². The molecule has 4 rings (SSSR count). The first kappa shape index (κ1) is 16.6. The summed E-state index contributed by atoms with van der Waals surface area (Å²) in [6.07, 6.45) is 2.56. The molecule has 3 aromatic rings. The number of thiophene rings is 1. The molecule has 0 aliphatic carbocycles. The van der Waals surface area contributed by atoms with Crippen molar-refractivity contribution in [1.29, 1.82) is 0 Å².